The van der Waals surface area contributed by atoms with E-state index in [9.17, 15) is 0 Å². The van der Waals surface area contributed by atoms with Gasteiger partial charge >= 0.3 is 152 Å². The van der Waals surface area contributed by atoms with E-state index < -0.39 is 18.4 Å². The van der Waals surface area contributed by atoms with Crippen molar-refractivity contribution >= 4 is 18.4 Å². The van der Waals surface area contributed by atoms with E-state index in [0.29, 0.717) is 0 Å². The van der Waals surface area contributed by atoms with E-state index in [1.807, 2.05) is 0 Å². The number of hydrogen-bond donors (Lipinski definition) is 0. The zero-order valence-electron chi connectivity index (χ0n) is 17.1. The molecule has 0 aromatic rings. The first kappa shape index (κ1) is 23.3. The molecule has 0 aliphatic carbocycles. The summed E-state index contributed by atoms with van der Waals surface area (Å²) >= 11 is -1.92. The van der Waals surface area contributed by atoms with Crippen LogP contribution in [0.2, 0.25) is 17.7 Å². The van der Waals surface area contributed by atoms with Crippen molar-refractivity contribution in [1.29, 1.82) is 0 Å². The van der Waals surface area contributed by atoms with Gasteiger partial charge in [0, 0.05) is 0 Å². The molecule has 23 heavy (non-hydrogen) atoms. The monoisotopic (exact) mass is 428 g/mol. The first-order chi connectivity index (χ1) is 11.0. The second-order valence-corrected chi connectivity index (χ2v) is 21.9. The van der Waals surface area contributed by atoms with Crippen LogP contribution in [0.25, 0.3) is 0 Å². The average Bonchev–Trinajstić information content (AvgIpc) is 2.53. The molecule has 0 aliphatic rings. The molecule has 0 heterocycles. The average molecular weight is 427 g/mol. The van der Waals surface area contributed by atoms with Gasteiger partial charge in [-0.1, -0.05) is 0 Å². The molecular formula is C22H44Sn. The number of hydrogen-bond acceptors (Lipinski definition) is 0. The maximum absolute atomic E-state index is 2.68. The number of allylic oxidation sites excluding steroid dienone is 4. The van der Waals surface area contributed by atoms with E-state index >= 15 is 0 Å². The van der Waals surface area contributed by atoms with Crippen molar-refractivity contribution in [1.82, 2.24) is 0 Å². The Kier molecular flexibility index (Phi) is 14.8. The molecule has 0 amide bonds. The van der Waals surface area contributed by atoms with Crippen LogP contribution in [0, 0.1) is 0 Å². The fourth-order valence-corrected chi connectivity index (χ4v) is 19.0. The van der Waals surface area contributed by atoms with Crippen LogP contribution in [0.4, 0.5) is 0 Å². The number of unbranched alkanes of at least 4 members (excludes halogenated alkanes) is 3. The Hall–Kier alpha value is 0.279. The summed E-state index contributed by atoms with van der Waals surface area (Å²) in [7, 11) is 0. The molecule has 0 aromatic heterocycles. The summed E-state index contributed by atoms with van der Waals surface area (Å²) in [4.78, 5) is 0. The van der Waals surface area contributed by atoms with Crippen LogP contribution in [0.15, 0.2) is 23.3 Å². The first-order valence-electron chi connectivity index (χ1n) is 10.3. The molecule has 0 bridgehead atoms. The van der Waals surface area contributed by atoms with Crippen molar-refractivity contribution in [3.05, 3.63) is 23.3 Å². The van der Waals surface area contributed by atoms with E-state index in [0.717, 1.165) is 0 Å². The van der Waals surface area contributed by atoms with Gasteiger partial charge in [0.2, 0.25) is 0 Å². The molecule has 0 nitrogen and oxygen atoms in total. The molecule has 0 rings (SSSR count). The Morgan fingerprint density at radius 1 is 0.739 bits per heavy atom. The third-order valence-corrected chi connectivity index (χ3v) is 20.3. The van der Waals surface area contributed by atoms with Crippen molar-refractivity contribution in [2.75, 3.05) is 0 Å². The number of rotatable bonds is 14. The van der Waals surface area contributed by atoms with Gasteiger partial charge in [0.05, 0.1) is 0 Å². The molecule has 0 saturated carbocycles. The van der Waals surface area contributed by atoms with Gasteiger partial charge in [-0.3, -0.25) is 0 Å². The van der Waals surface area contributed by atoms with Gasteiger partial charge < -0.3 is 0 Å². The van der Waals surface area contributed by atoms with E-state index in [1.165, 1.54) is 61.4 Å². The standard InChI is InChI=1S/C10H17.3C4H9.Sn/c1-5-10(4)8-6-7-9(2)3;3*1-3-4-2;/h5,7H,1,6,8H2,2-4H3;3*1,3-4H2,2H3;/b10-5-;;;;. The molecule has 136 valence electrons. The van der Waals surface area contributed by atoms with Gasteiger partial charge in [-0.05, 0) is 0 Å². The molecule has 0 saturated heterocycles. The van der Waals surface area contributed by atoms with E-state index in [2.05, 4.69) is 53.7 Å². The molecule has 0 N–H and O–H groups in total. The summed E-state index contributed by atoms with van der Waals surface area (Å²) in [6.45, 7) is 13.9. The molecule has 0 spiro atoms. The van der Waals surface area contributed by atoms with Gasteiger partial charge in [-0.2, -0.15) is 0 Å². The topological polar surface area (TPSA) is 0 Å². The van der Waals surface area contributed by atoms with Crippen LogP contribution in [-0.4, -0.2) is 18.4 Å². The molecule has 1 heteroatoms. The quantitative estimate of drug-likeness (QED) is 0.193. The van der Waals surface area contributed by atoms with E-state index in [1.54, 1.807) is 18.9 Å². The van der Waals surface area contributed by atoms with Gasteiger partial charge in [-0.15, -0.1) is 0 Å². The van der Waals surface area contributed by atoms with E-state index in [4.69, 9.17) is 0 Å². The zero-order chi connectivity index (χ0) is 17.6. The third-order valence-electron chi connectivity index (χ3n) is 5.16. The Labute approximate surface area is 152 Å². The Bertz CT molecular complexity index is 312. The molecular weight excluding hydrogens is 383 g/mol. The second kappa shape index (κ2) is 14.6. The van der Waals surface area contributed by atoms with E-state index in [-0.39, 0.29) is 0 Å². The molecule has 0 fully saturated rings. The minimum absolute atomic E-state index is 1.23. The van der Waals surface area contributed by atoms with Crippen LogP contribution in [-0.2, 0) is 0 Å². The summed E-state index contributed by atoms with van der Waals surface area (Å²) in [5.74, 6) is 0. The molecule has 0 aliphatic heterocycles. The summed E-state index contributed by atoms with van der Waals surface area (Å²) < 4.78 is 6.45. The predicted molar refractivity (Wildman–Crippen MR) is 112 cm³/mol. The van der Waals surface area contributed by atoms with Crippen molar-refractivity contribution < 1.29 is 0 Å². The summed E-state index contributed by atoms with van der Waals surface area (Å²) in [6, 6.07) is 0. The normalized spacial score (nSPS) is 12.5. The molecule has 0 unspecified atom stereocenters. The predicted octanol–water partition coefficient (Wildman–Crippen LogP) is 8.53. The van der Waals surface area contributed by atoms with Gasteiger partial charge in [0.1, 0.15) is 0 Å². The first-order valence-corrected chi connectivity index (χ1v) is 18.4. The zero-order valence-corrected chi connectivity index (χ0v) is 20.0. The molecule has 0 atom stereocenters. The SMILES string of the molecule is CCC[CH2][Sn]([CH2]/C=C(/C)CCC=C(C)C)([CH2]CCC)[CH2]CCC. The minimum atomic E-state index is -1.92. The van der Waals surface area contributed by atoms with Crippen LogP contribution in [0.5, 0.6) is 0 Å². The summed E-state index contributed by atoms with van der Waals surface area (Å²) in [5, 5.41) is 0. The van der Waals surface area contributed by atoms with Crippen molar-refractivity contribution in [2.24, 2.45) is 0 Å². The van der Waals surface area contributed by atoms with Gasteiger partial charge in [0.15, 0.2) is 0 Å². The second-order valence-electron chi connectivity index (χ2n) is 7.89. The Morgan fingerprint density at radius 2 is 1.22 bits per heavy atom. The van der Waals surface area contributed by atoms with Crippen molar-refractivity contribution in [3.8, 4) is 0 Å². The Balaban J connectivity index is 4.81. The van der Waals surface area contributed by atoms with Crippen LogP contribution in [0.1, 0.15) is 92.9 Å². The molecule has 0 radical (unpaired) electrons. The maximum atomic E-state index is 2.68. The Morgan fingerprint density at radius 3 is 1.61 bits per heavy atom. The summed E-state index contributed by atoms with van der Waals surface area (Å²) in [6.07, 6.45) is 16.2. The van der Waals surface area contributed by atoms with Crippen LogP contribution < -0.4 is 0 Å². The van der Waals surface area contributed by atoms with Crippen molar-refractivity contribution in [2.45, 2.75) is 111 Å². The summed E-state index contributed by atoms with van der Waals surface area (Å²) in [5.41, 5.74) is 3.10. The van der Waals surface area contributed by atoms with Gasteiger partial charge in [0.25, 0.3) is 0 Å². The van der Waals surface area contributed by atoms with Crippen molar-refractivity contribution in [3.63, 3.8) is 0 Å². The van der Waals surface area contributed by atoms with Crippen LogP contribution >= 0.6 is 0 Å². The fraction of sp³-hybridized carbons (Fsp3) is 0.818. The van der Waals surface area contributed by atoms with Crippen LogP contribution in [0.3, 0.4) is 0 Å². The molecule has 0 aromatic carbocycles. The third kappa shape index (κ3) is 12.3. The fourth-order valence-electron chi connectivity index (χ4n) is 3.42. The van der Waals surface area contributed by atoms with Gasteiger partial charge in [-0.25, -0.2) is 0 Å².